The summed E-state index contributed by atoms with van der Waals surface area (Å²) in [5, 5.41) is 3.97. The van der Waals surface area contributed by atoms with Crippen LogP contribution in [-0.2, 0) is 6.54 Å². The van der Waals surface area contributed by atoms with Crippen molar-refractivity contribution in [1.82, 2.24) is 15.3 Å². The van der Waals surface area contributed by atoms with Gasteiger partial charge in [-0.1, -0.05) is 17.7 Å². The normalized spacial score (nSPS) is 10.5. The summed E-state index contributed by atoms with van der Waals surface area (Å²) in [6.45, 7) is 2.96. The van der Waals surface area contributed by atoms with Crippen LogP contribution in [0.5, 0.6) is 0 Å². The van der Waals surface area contributed by atoms with Gasteiger partial charge in [-0.3, -0.25) is 0 Å². The highest BCUT2D eigenvalue weighted by molar-refractivity contribution is 7.99. The minimum atomic E-state index is 0.786. The predicted molar refractivity (Wildman–Crippen MR) is 70.1 cm³/mol. The molecule has 0 fully saturated rings. The van der Waals surface area contributed by atoms with Gasteiger partial charge in [0.15, 0.2) is 5.16 Å². The third-order valence-corrected chi connectivity index (χ3v) is 3.34. The second-order valence-electron chi connectivity index (χ2n) is 3.77. The van der Waals surface area contributed by atoms with Crippen molar-refractivity contribution >= 4 is 11.8 Å². The molecule has 0 aliphatic carbocycles. The van der Waals surface area contributed by atoms with Crippen LogP contribution >= 0.6 is 11.8 Å². The molecule has 0 aliphatic rings. The summed E-state index contributed by atoms with van der Waals surface area (Å²) in [6.07, 6.45) is 3.53. The zero-order valence-electron chi connectivity index (χ0n) is 9.97. The lowest BCUT2D eigenvalue weighted by Crippen LogP contribution is -2.06. The summed E-state index contributed by atoms with van der Waals surface area (Å²) in [7, 11) is 1.95. The lowest BCUT2D eigenvalue weighted by Gasteiger charge is -2.08. The molecular weight excluding hydrogens is 230 g/mol. The molecule has 0 unspecified atom stereocenters. The van der Waals surface area contributed by atoms with E-state index in [0.29, 0.717) is 0 Å². The molecular formula is C13H15N3S. The highest BCUT2D eigenvalue weighted by atomic mass is 32.2. The van der Waals surface area contributed by atoms with Crippen LogP contribution in [0.1, 0.15) is 11.1 Å². The maximum atomic E-state index is 4.23. The van der Waals surface area contributed by atoms with Crippen molar-refractivity contribution < 1.29 is 0 Å². The van der Waals surface area contributed by atoms with E-state index in [1.54, 1.807) is 24.2 Å². The maximum Gasteiger partial charge on any atom is 0.192 e. The second-order valence-corrected chi connectivity index (χ2v) is 4.78. The molecule has 4 heteroatoms. The molecule has 2 aromatic rings. The average molecular weight is 245 g/mol. The summed E-state index contributed by atoms with van der Waals surface area (Å²) in [5.74, 6) is 0. The second kappa shape index (κ2) is 5.80. The van der Waals surface area contributed by atoms with Gasteiger partial charge in [-0.2, -0.15) is 0 Å². The highest BCUT2D eigenvalue weighted by Gasteiger charge is 2.05. The zero-order chi connectivity index (χ0) is 12.1. The summed E-state index contributed by atoms with van der Waals surface area (Å²) < 4.78 is 0. The molecule has 0 amide bonds. The van der Waals surface area contributed by atoms with Gasteiger partial charge in [-0.25, -0.2) is 9.97 Å². The molecule has 0 atom stereocenters. The van der Waals surface area contributed by atoms with Crippen molar-refractivity contribution in [1.29, 1.82) is 0 Å². The predicted octanol–water partition coefficient (Wildman–Crippen LogP) is 2.66. The van der Waals surface area contributed by atoms with Crippen molar-refractivity contribution in [2.45, 2.75) is 23.5 Å². The molecule has 0 bridgehead atoms. The van der Waals surface area contributed by atoms with Crippen molar-refractivity contribution in [2.75, 3.05) is 7.05 Å². The summed E-state index contributed by atoms with van der Waals surface area (Å²) in [5.41, 5.74) is 2.55. The van der Waals surface area contributed by atoms with Gasteiger partial charge in [0.25, 0.3) is 0 Å². The lowest BCUT2D eigenvalue weighted by atomic mass is 10.1. The van der Waals surface area contributed by atoms with Gasteiger partial charge in [0.1, 0.15) is 0 Å². The third kappa shape index (κ3) is 3.28. The lowest BCUT2D eigenvalue weighted by molar-refractivity contribution is 0.801. The Hall–Kier alpha value is -1.39. The Morgan fingerprint density at radius 3 is 2.71 bits per heavy atom. The quantitative estimate of drug-likeness (QED) is 0.840. The third-order valence-electron chi connectivity index (χ3n) is 2.33. The first-order valence-corrected chi connectivity index (χ1v) is 6.30. The van der Waals surface area contributed by atoms with Gasteiger partial charge in [0.2, 0.25) is 0 Å². The van der Waals surface area contributed by atoms with Crippen LogP contribution in [-0.4, -0.2) is 17.0 Å². The molecule has 0 saturated heterocycles. The first kappa shape index (κ1) is 12.1. The van der Waals surface area contributed by atoms with Gasteiger partial charge in [-0.05, 0) is 43.4 Å². The van der Waals surface area contributed by atoms with Gasteiger partial charge < -0.3 is 5.32 Å². The number of hydrogen-bond acceptors (Lipinski definition) is 4. The molecule has 0 radical (unpaired) electrons. The Kier molecular flexibility index (Phi) is 4.12. The smallest absolute Gasteiger partial charge is 0.192 e. The Morgan fingerprint density at radius 2 is 2.00 bits per heavy atom. The largest absolute Gasteiger partial charge is 0.316 e. The van der Waals surface area contributed by atoms with Crippen LogP contribution in [0.3, 0.4) is 0 Å². The molecule has 0 spiro atoms. The number of aryl methyl sites for hydroxylation is 1. The highest BCUT2D eigenvalue weighted by Crippen LogP contribution is 2.28. The number of rotatable bonds is 4. The summed E-state index contributed by atoms with van der Waals surface area (Å²) in [6, 6.07) is 8.27. The van der Waals surface area contributed by atoms with Gasteiger partial charge >= 0.3 is 0 Å². The van der Waals surface area contributed by atoms with Crippen LogP contribution in [0.4, 0.5) is 0 Å². The SMILES string of the molecule is CNCc1cc(C)ccc1Sc1ncccn1. The molecule has 0 aliphatic heterocycles. The molecule has 17 heavy (non-hydrogen) atoms. The molecule has 1 aromatic heterocycles. The minimum absolute atomic E-state index is 0.786. The first-order chi connectivity index (χ1) is 8.29. The van der Waals surface area contributed by atoms with E-state index < -0.39 is 0 Å². The van der Waals surface area contributed by atoms with E-state index in [1.165, 1.54) is 16.0 Å². The minimum Gasteiger partial charge on any atom is -0.316 e. The Morgan fingerprint density at radius 1 is 1.24 bits per heavy atom. The number of nitrogens with one attached hydrogen (secondary N) is 1. The van der Waals surface area contributed by atoms with E-state index in [2.05, 4.69) is 40.4 Å². The number of aromatic nitrogens is 2. The van der Waals surface area contributed by atoms with E-state index in [0.717, 1.165) is 11.7 Å². The monoisotopic (exact) mass is 245 g/mol. The Labute approximate surface area is 106 Å². The molecule has 2 rings (SSSR count). The summed E-state index contributed by atoms with van der Waals surface area (Å²) >= 11 is 1.60. The number of benzene rings is 1. The van der Waals surface area contributed by atoms with Gasteiger partial charge in [0, 0.05) is 23.8 Å². The molecule has 88 valence electrons. The van der Waals surface area contributed by atoms with Crippen molar-refractivity contribution in [3.63, 3.8) is 0 Å². The fourth-order valence-electron chi connectivity index (χ4n) is 1.57. The van der Waals surface area contributed by atoms with Crippen molar-refractivity contribution in [3.05, 3.63) is 47.8 Å². The van der Waals surface area contributed by atoms with Crippen LogP contribution in [0.2, 0.25) is 0 Å². The number of nitrogens with zero attached hydrogens (tertiary/aromatic N) is 2. The Bertz CT molecular complexity index is 485. The van der Waals surface area contributed by atoms with E-state index in [-0.39, 0.29) is 0 Å². The molecule has 1 N–H and O–H groups in total. The topological polar surface area (TPSA) is 37.8 Å². The van der Waals surface area contributed by atoms with E-state index in [9.17, 15) is 0 Å². The zero-order valence-corrected chi connectivity index (χ0v) is 10.8. The van der Waals surface area contributed by atoms with E-state index >= 15 is 0 Å². The Balaban J connectivity index is 2.26. The molecule has 1 heterocycles. The maximum absolute atomic E-state index is 4.23. The van der Waals surface area contributed by atoms with Crippen molar-refractivity contribution in [2.24, 2.45) is 0 Å². The fourth-order valence-corrected chi connectivity index (χ4v) is 2.39. The summed E-state index contributed by atoms with van der Waals surface area (Å²) in [4.78, 5) is 9.66. The van der Waals surface area contributed by atoms with Crippen LogP contribution in [0.15, 0.2) is 46.7 Å². The molecule has 0 saturated carbocycles. The van der Waals surface area contributed by atoms with E-state index in [1.807, 2.05) is 13.1 Å². The molecule has 3 nitrogen and oxygen atoms in total. The van der Waals surface area contributed by atoms with Crippen LogP contribution in [0, 0.1) is 6.92 Å². The van der Waals surface area contributed by atoms with E-state index in [4.69, 9.17) is 0 Å². The first-order valence-electron chi connectivity index (χ1n) is 5.48. The van der Waals surface area contributed by atoms with Crippen molar-refractivity contribution in [3.8, 4) is 0 Å². The molecule has 1 aromatic carbocycles. The van der Waals surface area contributed by atoms with Gasteiger partial charge in [0.05, 0.1) is 0 Å². The van der Waals surface area contributed by atoms with Crippen LogP contribution in [0.25, 0.3) is 0 Å². The van der Waals surface area contributed by atoms with Crippen LogP contribution < -0.4 is 5.32 Å². The standard InChI is InChI=1S/C13H15N3S/c1-10-4-5-12(11(8-10)9-14-2)17-13-15-6-3-7-16-13/h3-8,14H,9H2,1-2H3. The average Bonchev–Trinajstić information content (AvgIpc) is 2.34. The fraction of sp³-hybridized carbons (Fsp3) is 0.231. The number of hydrogen-bond donors (Lipinski definition) is 1. The van der Waals surface area contributed by atoms with Gasteiger partial charge in [-0.15, -0.1) is 0 Å².